The number of halogens is 2. The van der Waals surface area contributed by atoms with Crippen LogP contribution in [-0.2, 0) is 6.54 Å². The Labute approximate surface area is 194 Å². The fraction of sp³-hybridized carbons (Fsp3) is 0.480. The maximum Gasteiger partial charge on any atom is 0.142 e. The highest BCUT2D eigenvalue weighted by Gasteiger charge is 2.73. The lowest BCUT2D eigenvalue weighted by molar-refractivity contribution is -0.147. The SMILES string of the molecule is CC.CC1(C)CN=C(C23CC(N(Cc4ccc(Cl)c(F)c4)Sc4ccccc4)(C2)C3)N1. The Balaban J connectivity index is 0.00000112. The van der Waals surface area contributed by atoms with Crippen LogP contribution in [0.2, 0.25) is 5.02 Å². The monoisotopic (exact) mass is 459 g/mol. The van der Waals surface area contributed by atoms with Crippen molar-refractivity contribution in [3.63, 3.8) is 0 Å². The smallest absolute Gasteiger partial charge is 0.142 e. The zero-order valence-electron chi connectivity index (χ0n) is 18.7. The van der Waals surface area contributed by atoms with E-state index in [-0.39, 0.29) is 27.3 Å². The summed E-state index contributed by atoms with van der Waals surface area (Å²) in [6.07, 6.45) is 3.33. The predicted molar refractivity (Wildman–Crippen MR) is 129 cm³/mol. The second-order valence-electron chi connectivity index (χ2n) is 9.40. The summed E-state index contributed by atoms with van der Waals surface area (Å²) in [7, 11) is 0. The maximum atomic E-state index is 14.0. The molecule has 0 saturated heterocycles. The summed E-state index contributed by atoms with van der Waals surface area (Å²) in [4.78, 5) is 6.02. The molecule has 0 amide bonds. The second-order valence-corrected chi connectivity index (χ2v) is 10.9. The topological polar surface area (TPSA) is 27.6 Å². The number of hydrogen-bond acceptors (Lipinski definition) is 4. The van der Waals surface area contributed by atoms with Crippen molar-refractivity contribution in [2.45, 2.75) is 69.5 Å². The van der Waals surface area contributed by atoms with Gasteiger partial charge in [-0.1, -0.05) is 49.7 Å². The summed E-state index contributed by atoms with van der Waals surface area (Å²) >= 11 is 7.66. The van der Waals surface area contributed by atoms with E-state index in [1.165, 1.54) is 10.7 Å². The Hall–Kier alpha value is -1.56. The van der Waals surface area contributed by atoms with Gasteiger partial charge in [0.05, 0.1) is 17.1 Å². The number of benzene rings is 2. The van der Waals surface area contributed by atoms with Gasteiger partial charge in [0.1, 0.15) is 11.7 Å². The quantitative estimate of drug-likeness (QED) is 0.486. The molecular formula is C25H31ClFN3S. The number of rotatable bonds is 6. The molecule has 1 aliphatic heterocycles. The van der Waals surface area contributed by atoms with Crippen LogP contribution in [0, 0.1) is 11.2 Å². The van der Waals surface area contributed by atoms with E-state index in [1.54, 1.807) is 24.1 Å². The van der Waals surface area contributed by atoms with Crippen LogP contribution in [0.1, 0.15) is 52.5 Å². The first-order chi connectivity index (χ1) is 14.8. The highest BCUT2D eigenvalue weighted by Crippen LogP contribution is 2.72. The first-order valence-corrected chi connectivity index (χ1v) is 12.2. The molecule has 0 spiro atoms. The van der Waals surface area contributed by atoms with E-state index in [0.29, 0.717) is 6.54 Å². The lowest BCUT2D eigenvalue weighted by Crippen LogP contribution is -2.77. The number of nitrogens with zero attached hydrogens (tertiary/aromatic N) is 2. The average Bonchev–Trinajstić information content (AvgIpc) is 3.04. The molecule has 0 atom stereocenters. The fourth-order valence-corrected chi connectivity index (χ4v) is 6.19. The minimum Gasteiger partial charge on any atom is -0.367 e. The summed E-state index contributed by atoms with van der Waals surface area (Å²) in [5.41, 5.74) is 1.38. The third-order valence-electron chi connectivity index (χ3n) is 6.39. The second kappa shape index (κ2) is 8.42. The molecule has 0 radical (unpaired) electrons. The Bertz CT molecular complexity index is 956. The molecule has 0 unspecified atom stereocenters. The van der Waals surface area contributed by atoms with Crippen molar-refractivity contribution in [1.82, 2.24) is 9.62 Å². The molecule has 2 bridgehead atoms. The molecule has 0 aromatic heterocycles. The largest absolute Gasteiger partial charge is 0.367 e. The Morgan fingerprint density at radius 3 is 2.35 bits per heavy atom. The van der Waals surface area contributed by atoms with Gasteiger partial charge < -0.3 is 5.32 Å². The number of amidine groups is 1. The molecule has 3 saturated carbocycles. The third-order valence-corrected chi connectivity index (χ3v) is 7.92. The molecule has 2 aromatic rings. The molecular weight excluding hydrogens is 429 g/mol. The Morgan fingerprint density at radius 1 is 1.10 bits per heavy atom. The number of hydrogen-bond donors (Lipinski definition) is 1. The van der Waals surface area contributed by atoms with Crippen LogP contribution in [0.25, 0.3) is 0 Å². The van der Waals surface area contributed by atoms with Gasteiger partial charge in [-0.15, -0.1) is 0 Å². The van der Waals surface area contributed by atoms with Crippen molar-refractivity contribution in [3.05, 3.63) is 64.9 Å². The minimum absolute atomic E-state index is 0.0667. The Morgan fingerprint density at radius 2 is 1.77 bits per heavy atom. The molecule has 1 N–H and O–H groups in total. The van der Waals surface area contributed by atoms with Gasteiger partial charge in [0, 0.05) is 22.4 Å². The summed E-state index contributed by atoms with van der Waals surface area (Å²) in [5.74, 6) is 0.848. The summed E-state index contributed by atoms with van der Waals surface area (Å²) < 4.78 is 16.5. The lowest BCUT2D eigenvalue weighted by atomic mass is 9.38. The van der Waals surface area contributed by atoms with Crippen LogP contribution < -0.4 is 5.32 Å². The van der Waals surface area contributed by atoms with Crippen LogP contribution in [0.3, 0.4) is 0 Å². The van der Waals surface area contributed by atoms with Crippen LogP contribution in [0.4, 0.5) is 4.39 Å². The van der Waals surface area contributed by atoms with Crippen molar-refractivity contribution in [2.75, 3.05) is 6.54 Å². The number of nitrogens with one attached hydrogen (secondary N) is 1. The zero-order chi connectivity index (χ0) is 22.3. The van der Waals surface area contributed by atoms with Gasteiger partial charge >= 0.3 is 0 Å². The molecule has 3 aliphatic carbocycles. The minimum atomic E-state index is -0.352. The van der Waals surface area contributed by atoms with Gasteiger partial charge in [-0.2, -0.15) is 0 Å². The molecule has 6 rings (SSSR count). The molecule has 6 heteroatoms. The molecule has 31 heavy (non-hydrogen) atoms. The van der Waals surface area contributed by atoms with Crippen LogP contribution in [-0.4, -0.2) is 27.8 Å². The van der Waals surface area contributed by atoms with Crippen LogP contribution >= 0.6 is 23.5 Å². The van der Waals surface area contributed by atoms with Crippen molar-refractivity contribution < 1.29 is 4.39 Å². The highest BCUT2D eigenvalue weighted by molar-refractivity contribution is 7.97. The van der Waals surface area contributed by atoms with Gasteiger partial charge in [0.15, 0.2) is 0 Å². The predicted octanol–water partition coefficient (Wildman–Crippen LogP) is 6.72. The highest BCUT2D eigenvalue weighted by atomic mass is 35.5. The van der Waals surface area contributed by atoms with Crippen molar-refractivity contribution in [1.29, 1.82) is 0 Å². The van der Waals surface area contributed by atoms with E-state index in [2.05, 4.69) is 47.7 Å². The van der Waals surface area contributed by atoms with E-state index in [4.69, 9.17) is 16.6 Å². The van der Waals surface area contributed by atoms with Crippen molar-refractivity contribution in [3.8, 4) is 0 Å². The van der Waals surface area contributed by atoms with Crippen molar-refractivity contribution >= 4 is 29.4 Å². The molecule has 2 aromatic carbocycles. The Kier molecular flexibility index (Phi) is 6.14. The van der Waals surface area contributed by atoms with E-state index in [9.17, 15) is 4.39 Å². The average molecular weight is 460 g/mol. The summed E-state index contributed by atoms with van der Waals surface area (Å²) in [6.45, 7) is 9.95. The van der Waals surface area contributed by atoms with E-state index < -0.39 is 0 Å². The number of aliphatic imine (C=N–C) groups is 1. The molecule has 166 valence electrons. The molecule has 4 aliphatic rings. The van der Waals surface area contributed by atoms with Gasteiger partial charge in [-0.25, -0.2) is 8.70 Å². The first kappa shape index (κ1) is 22.6. The van der Waals surface area contributed by atoms with Gasteiger partial charge in [0.2, 0.25) is 0 Å². The van der Waals surface area contributed by atoms with Gasteiger partial charge in [-0.05, 0) is 74.9 Å². The van der Waals surface area contributed by atoms with Crippen molar-refractivity contribution in [2.24, 2.45) is 10.4 Å². The van der Waals surface area contributed by atoms with E-state index >= 15 is 0 Å². The molecule has 3 fully saturated rings. The zero-order valence-corrected chi connectivity index (χ0v) is 20.3. The standard InChI is InChI=1S/C23H25ClFN3S.C2H6/c1-21(2)15-26-20(27-21)22-12-23(13-22,14-22)28(29-17-6-4-3-5-7-17)11-16-8-9-18(24)19(25)10-16;1-2/h3-10H,11-15H2,1-2H3,(H,26,27);1-2H3. The van der Waals surface area contributed by atoms with Gasteiger partial charge in [0.25, 0.3) is 0 Å². The summed E-state index contributed by atoms with van der Waals surface area (Å²) in [6, 6.07) is 15.6. The maximum absolute atomic E-state index is 14.0. The molecule has 1 heterocycles. The molecule has 3 nitrogen and oxygen atoms in total. The third kappa shape index (κ3) is 4.24. The van der Waals surface area contributed by atoms with Gasteiger partial charge in [-0.3, -0.25) is 4.99 Å². The lowest BCUT2D eigenvalue weighted by Gasteiger charge is -2.73. The van der Waals surface area contributed by atoms with E-state index in [1.807, 2.05) is 26.0 Å². The van der Waals surface area contributed by atoms with E-state index in [0.717, 1.165) is 31.4 Å². The van der Waals surface area contributed by atoms with Crippen LogP contribution in [0.5, 0.6) is 0 Å². The summed E-state index contributed by atoms with van der Waals surface area (Å²) in [5, 5.41) is 3.81. The normalized spacial score (nSPS) is 27.4. The fourth-order valence-electron chi connectivity index (χ4n) is 4.94. The van der Waals surface area contributed by atoms with Crippen LogP contribution in [0.15, 0.2) is 58.4 Å². The first-order valence-electron chi connectivity index (χ1n) is 11.1.